The lowest BCUT2D eigenvalue weighted by Crippen LogP contribution is -2.30. The number of phosphoric acid groups is 2. The predicted molar refractivity (Wildman–Crippen MR) is 445 cm³/mol. The van der Waals surface area contributed by atoms with Gasteiger partial charge in [0, 0.05) is 19.3 Å². The standard InChI is InChI=1S/C89H154O16P2/c1-4-7-10-13-16-19-22-25-28-30-32-34-35-36-37-38-39-40-41-42-43-44-45-46-47-49-51-52-55-57-60-63-66-69-72-75-87(92)99-78-84(90)79-101-106(95,96)102-80-85(91)81-103-107(97,98)104-83-86(105-89(94)77-74-71-68-65-62-59-54-27-24-21-18-15-12-9-6-3)82-100-88(93)76-73-70-67-64-61-58-56-53-50-48-33-31-29-26-23-20-17-14-11-8-5-2/h7-8,10-11,16-17,19-20,25-26,28-29,32-34,36-37,48,53,56,61,64,84-86,90-91H,4-6,9,12-15,18,21-24,27,30-31,35,38-47,49-52,54-55,57-60,62-63,65-83H2,1-3H3,(H,95,96)(H,97,98)/b10-7-,11-8-,19-16-,20-17-,28-25-,29-26-,34-32-,37-36-,48-33-,56-53-,64-61-. The van der Waals surface area contributed by atoms with Crippen molar-refractivity contribution in [2.75, 3.05) is 39.6 Å². The highest BCUT2D eigenvalue weighted by molar-refractivity contribution is 7.47. The molecule has 5 unspecified atom stereocenters. The molecular weight excluding hydrogens is 1390 g/mol. The van der Waals surface area contributed by atoms with Gasteiger partial charge in [-0.05, 0) is 116 Å². The van der Waals surface area contributed by atoms with E-state index in [1.54, 1.807) is 0 Å². The Morgan fingerprint density at radius 2 is 0.495 bits per heavy atom. The summed E-state index contributed by atoms with van der Waals surface area (Å²) in [5.41, 5.74) is 0. The largest absolute Gasteiger partial charge is 0.472 e. The molecule has 0 aliphatic carbocycles. The van der Waals surface area contributed by atoms with Gasteiger partial charge in [-0.2, -0.15) is 0 Å². The average molecular weight is 1540 g/mol. The minimum Gasteiger partial charge on any atom is -0.463 e. The first kappa shape index (κ1) is 103. The molecule has 0 radical (unpaired) electrons. The number of allylic oxidation sites excluding steroid dienone is 22. The van der Waals surface area contributed by atoms with Crippen molar-refractivity contribution in [1.82, 2.24) is 0 Å². The Kier molecular flexibility index (Phi) is 77.9. The molecule has 0 aromatic rings. The molecule has 0 aromatic heterocycles. The Hall–Kier alpha value is -4.31. The van der Waals surface area contributed by atoms with Gasteiger partial charge in [0.25, 0.3) is 0 Å². The van der Waals surface area contributed by atoms with Gasteiger partial charge < -0.3 is 34.2 Å². The number of aliphatic hydroxyl groups is 2. The van der Waals surface area contributed by atoms with Crippen LogP contribution in [0.3, 0.4) is 0 Å². The lowest BCUT2D eigenvalue weighted by molar-refractivity contribution is -0.161. The van der Waals surface area contributed by atoms with E-state index in [1.807, 2.05) is 0 Å². The van der Waals surface area contributed by atoms with E-state index in [9.17, 15) is 43.5 Å². The van der Waals surface area contributed by atoms with E-state index < -0.39 is 91.5 Å². The highest BCUT2D eigenvalue weighted by atomic mass is 31.2. The molecule has 0 fully saturated rings. The van der Waals surface area contributed by atoms with Crippen molar-refractivity contribution in [2.45, 2.75) is 373 Å². The van der Waals surface area contributed by atoms with Crippen LogP contribution in [0.25, 0.3) is 0 Å². The van der Waals surface area contributed by atoms with E-state index in [0.717, 1.165) is 128 Å². The lowest BCUT2D eigenvalue weighted by atomic mass is 10.0. The van der Waals surface area contributed by atoms with Crippen LogP contribution in [0.15, 0.2) is 134 Å². The summed E-state index contributed by atoms with van der Waals surface area (Å²) in [6.07, 6.45) is 99.5. The molecule has 4 N–H and O–H groups in total. The fourth-order valence-corrected chi connectivity index (χ4v) is 13.1. The maximum absolute atomic E-state index is 13.0. The number of carbonyl (C=O) groups excluding carboxylic acids is 3. The number of ether oxygens (including phenoxy) is 3. The zero-order valence-corrected chi connectivity index (χ0v) is 69.3. The molecule has 0 amide bonds. The quantitative estimate of drug-likeness (QED) is 0.0146. The van der Waals surface area contributed by atoms with Crippen LogP contribution in [0.4, 0.5) is 0 Å². The molecule has 0 spiro atoms. The van der Waals surface area contributed by atoms with Crippen molar-refractivity contribution in [3.8, 4) is 0 Å². The van der Waals surface area contributed by atoms with Gasteiger partial charge in [-0.3, -0.25) is 32.5 Å². The molecule has 0 saturated heterocycles. The summed E-state index contributed by atoms with van der Waals surface area (Å²) in [7, 11) is -9.80. The monoisotopic (exact) mass is 1540 g/mol. The van der Waals surface area contributed by atoms with Crippen LogP contribution >= 0.6 is 15.6 Å². The van der Waals surface area contributed by atoms with Crippen molar-refractivity contribution in [1.29, 1.82) is 0 Å². The molecule has 0 aliphatic heterocycles. The number of carbonyl (C=O) groups is 3. The number of esters is 3. The molecule has 0 aromatic carbocycles. The smallest absolute Gasteiger partial charge is 0.463 e. The SMILES string of the molecule is CC/C=C\C/C=C\C/C=C\C/C=C\C/C=C\C/C=C\CCCCC(=O)OCC(COP(=O)(O)OCC(O)COP(=O)(O)OCC(O)COC(=O)CCCCCCCCCCCCCCCCCCCCC/C=C\C/C=C\C/C=C\C/C=C\C/C=C\CC)OC(=O)CCCCCCCCCCCCCCCCC. The molecule has 0 heterocycles. The van der Waals surface area contributed by atoms with Crippen LogP contribution in [-0.4, -0.2) is 95.9 Å². The summed E-state index contributed by atoms with van der Waals surface area (Å²) in [6.45, 7) is 2.44. The van der Waals surface area contributed by atoms with E-state index in [1.165, 1.54) is 167 Å². The Morgan fingerprint density at radius 3 is 0.804 bits per heavy atom. The maximum Gasteiger partial charge on any atom is 0.472 e. The first-order valence-electron chi connectivity index (χ1n) is 42.5. The number of rotatable bonds is 80. The van der Waals surface area contributed by atoms with E-state index in [0.29, 0.717) is 19.3 Å². The predicted octanol–water partition coefficient (Wildman–Crippen LogP) is 25.4. The molecule has 0 bridgehead atoms. The molecule has 0 aliphatic rings. The first-order valence-corrected chi connectivity index (χ1v) is 45.5. The van der Waals surface area contributed by atoms with Crippen LogP contribution in [0.5, 0.6) is 0 Å². The Bertz CT molecular complexity index is 2480. The van der Waals surface area contributed by atoms with Gasteiger partial charge >= 0.3 is 33.6 Å². The normalized spacial score (nSPS) is 14.6. The van der Waals surface area contributed by atoms with Crippen molar-refractivity contribution in [3.63, 3.8) is 0 Å². The zero-order chi connectivity index (χ0) is 78.0. The second kappa shape index (κ2) is 81.2. The van der Waals surface area contributed by atoms with Crippen LogP contribution in [0.1, 0.15) is 355 Å². The summed E-state index contributed by atoms with van der Waals surface area (Å²) >= 11 is 0. The zero-order valence-electron chi connectivity index (χ0n) is 67.5. The average Bonchev–Trinajstić information content (AvgIpc) is 1.01. The first-order chi connectivity index (χ1) is 52.2. The van der Waals surface area contributed by atoms with E-state index in [-0.39, 0.29) is 19.3 Å². The van der Waals surface area contributed by atoms with Gasteiger partial charge in [-0.1, -0.05) is 353 Å². The van der Waals surface area contributed by atoms with Gasteiger partial charge in [0.1, 0.15) is 25.4 Å². The molecular formula is C89H154O16P2. The van der Waals surface area contributed by atoms with Crippen LogP contribution in [0, 0.1) is 0 Å². The van der Waals surface area contributed by atoms with Crippen molar-refractivity contribution < 1.29 is 75.8 Å². The Morgan fingerprint density at radius 1 is 0.271 bits per heavy atom. The Balaban J connectivity index is 4.43. The minimum absolute atomic E-state index is 0.0964. The number of phosphoric ester groups is 2. The topological polar surface area (TPSA) is 231 Å². The summed E-state index contributed by atoms with van der Waals surface area (Å²) < 4.78 is 61.2. The minimum atomic E-state index is -4.94. The summed E-state index contributed by atoms with van der Waals surface area (Å²) in [4.78, 5) is 58.7. The number of hydrogen-bond acceptors (Lipinski definition) is 14. The third-order valence-corrected chi connectivity index (χ3v) is 19.8. The van der Waals surface area contributed by atoms with E-state index in [2.05, 4.69) is 154 Å². The molecule has 107 heavy (non-hydrogen) atoms. The Labute approximate surface area is 652 Å². The van der Waals surface area contributed by atoms with Crippen molar-refractivity contribution >= 4 is 33.6 Å². The highest BCUT2D eigenvalue weighted by Crippen LogP contribution is 2.45. The fraction of sp³-hybridized carbons (Fsp3) is 0.719. The molecule has 616 valence electrons. The summed E-state index contributed by atoms with van der Waals surface area (Å²) in [5.74, 6) is -1.61. The third-order valence-electron chi connectivity index (χ3n) is 17.9. The van der Waals surface area contributed by atoms with Crippen LogP contribution in [-0.2, 0) is 55.8 Å². The molecule has 5 atom stereocenters. The van der Waals surface area contributed by atoms with Gasteiger partial charge in [0.15, 0.2) is 6.10 Å². The highest BCUT2D eigenvalue weighted by Gasteiger charge is 2.29. The van der Waals surface area contributed by atoms with Crippen LogP contribution < -0.4 is 0 Å². The number of unbranched alkanes of at least 4 members (excludes halogenated alkanes) is 35. The van der Waals surface area contributed by atoms with Crippen LogP contribution in [0.2, 0.25) is 0 Å². The summed E-state index contributed by atoms with van der Waals surface area (Å²) in [5, 5.41) is 20.7. The molecule has 18 heteroatoms. The third kappa shape index (κ3) is 82.5. The number of aliphatic hydroxyl groups excluding tert-OH is 2. The summed E-state index contributed by atoms with van der Waals surface area (Å²) in [6, 6.07) is 0. The maximum atomic E-state index is 13.0. The molecule has 16 nitrogen and oxygen atoms in total. The molecule has 0 saturated carbocycles. The lowest BCUT2D eigenvalue weighted by Gasteiger charge is -2.21. The fourth-order valence-electron chi connectivity index (χ4n) is 11.5. The van der Waals surface area contributed by atoms with Gasteiger partial charge in [-0.25, -0.2) is 9.13 Å². The van der Waals surface area contributed by atoms with Crippen molar-refractivity contribution in [3.05, 3.63) is 134 Å². The van der Waals surface area contributed by atoms with Gasteiger partial charge in [0.05, 0.1) is 26.4 Å². The van der Waals surface area contributed by atoms with E-state index in [4.69, 9.17) is 32.3 Å². The number of hydrogen-bond donors (Lipinski definition) is 4. The molecule has 0 rings (SSSR count). The van der Waals surface area contributed by atoms with E-state index >= 15 is 0 Å². The van der Waals surface area contributed by atoms with Crippen molar-refractivity contribution in [2.24, 2.45) is 0 Å². The second-order valence-electron chi connectivity index (χ2n) is 28.2. The van der Waals surface area contributed by atoms with Gasteiger partial charge in [0.2, 0.25) is 0 Å². The van der Waals surface area contributed by atoms with Gasteiger partial charge in [-0.15, -0.1) is 0 Å². The second-order valence-corrected chi connectivity index (χ2v) is 31.1.